The molecule has 0 bridgehead atoms. The van der Waals surface area contributed by atoms with Crippen LogP contribution in [0.25, 0.3) is 0 Å². The van der Waals surface area contributed by atoms with E-state index in [2.05, 4.69) is 0 Å². The van der Waals surface area contributed by atoms with Gasteiger partial charge < -0.3 is 10.0 Å². The molecule has 0 amide bonds. The lowest BCUT2D eigenvalue weighted by Gasteiger charge is -2.38. The molecular formula is C10H8ClFN2O4. The number of carboxylic acids is 1. The van der Waals surface area contributed by atoms with E-state index in [1.807, 2.05) is 0 Å². The van der Waals surface area contributed by atoms with E-state index in [1.165, 1.54) is 4.90 Å². The van der Waals surface area contributed by atoms with Crippen molar-refractivity contribution in [2.75, 3.05) is 18.0 Å². The van der Waals surface area contributed by atoms with Crippen molar-refractivity contribution in [3.63, 3.8) is 0 Å². The fourth-order valence-electron chi connectivity index (χ4n) is 1.76. The summed E-state index contributed by atoms with van der Waals surface area (Å²) >= 11 is 5.57. The Morgan fingerprint density at radius 3 is 2.67 bits per heavy atom. The molecule has 1 heterocycles. The van der Waals surface area contributed by atoms with Crippen LogP contribution < -0.4 is 4.90 Å². The first-order chi connectivity index (χ1) is 8.40. The van der Waals surface area contributed by atoms with Gasteiger partial charge in [0.1, 0.15) is 11.5 Å². The van der Waals surface area contributed by atoms with Crippen molar-refractivity contribution >= 4 is 28.9 Å². The van der Waals surface area contributed by atoms with Crippen LogP contribution in [0, 0.1) is 21.8 Å². The lowest BCUT2D eigenvalue weighted by atomic mass is 9.99. The molecule has 1 aromatic carbocycles. The maximum absolute atomic E-state index is 13.2. The molecule has 1 aliphatic heterocycles. The average molecular weight is 275 g/mol. The smallest absolute Gasteiger partial charge is 0.310 e. The van der Waals surface area contributed by atoms with Gasteiger partial charge in [-0.15, -0.1) is 0 Å². The van der Waals surface area contributed by atoms with Gasteiger partial charge in [-0.2, -0.15) is 0 Å². The van der Waals surface area contributed by atoms with Gasteiger partial charge in [-0.05, 0) is 6.07 Å². The Bertz CT molecular complexity index is 531. The number of aliphatic carboxylic acids is 1. The maximum Gasteiger partial charge on any atom is 0.310 e. The molecule has 0 aliphatic carbocycles. The number of nitrogens with zero attached hydrogens (tertiary/aromatic N) is 2. The lowest BCUT2D eigenvalue weighted by molar-refractivity contribution is -0.384. The molecule has 2 rings (SSSR count). The monoisotopic (exact) mass is 274 g/mol. The number of hydrogen-bond donors (Lipinski definition) is 1. The molecule has 0 aromatic heterocycles. The van der Waals surface area contributed by atoms with Crippen LogP contribution in [0.15, 0.2) is 12.1 Å². The van der Waals surface area contributed by atoms with E-state index < -0.39 is 28.3 Å². The molecule has 1 aromatic rings. The Kier molecular flexibility index (Phi) is 3.08. The summed E-state index contributed by atoms with van der Waals surface area (Å²) in [5, 5.41) is 19.3. The fraction of sp³-hybridized carbons (Fsp3) is 0.300. The van der Waals surface area contributed by atoms with Gasteiger partial charge in [0.2, 0.25) is 0 Å². The van der Waals surface area contributed by atoms with Gasteiger partial charge >= 0.3 is 5.97 Å². The Hall–Kier alpha value is -1.89. The van der Waals surface area contributed by atoms with Crippen molar-refractivity contribution in [3.8, 4) is 0 Å². The Morgan fingerprint density at radius 2 is 2.17 bits per heavy atom. The SMILES string of the molecule is O=C(O)C1CN(c2cc(Cl)c(F)cc2[N+](=O)[O-])C1. The average Bonchev–Trinajstić information content (AvgIpc) is 2.19. The summed E-state index contributed by atoms with van der Waals surface area (Å²) in [6.07, 6.45) is 0. The Labute approximate surface area is 106 Å². The summed E-state index contributed by atoms with van der Waals surface area (Å²) in [4.78, 5) is 22.2. The van der Waals surface area contributed by atoms with Gasteiger partial charge in [0.05, 0.1) is 21.9 Å². The molecule has 8 heteroatoms. The highest BCUT2D eigenvalue weighted by Gasteiger charge is 2.36. The second kappa shape index (κ2) is 4.41. The van der Waals surface area contributed by atoms with Crippen LogP contribution in [-0.4, -0.2) is 29.1 Å². The number of carbonyl (C=O) groups is 1. The summed E-state index contributed by atoms with van der Waals surface area (Å²) in [6, 6.07) is 1.89. The molecule has 1 fully saturated rings. The summed E-state index contributed by atoms with van der Waals surface area (Å²) in [5.41, 5.74) is -0.273. The van der Waals surface area contributed by atoms with Crippen LogP contribution in [0.1, 0.15) is 0 Å². The summed E-state index contributed by atoms with van der Waals surface area (Å²) in [6.45, 7) is 0.302. The van der Waals surface area contributed by atoms with E-state index in [4.69, 9.17) is 16.7 Å². The van der Waals surface area contributed by atoms with Crippen molar-refractivity contribution in [2.45, 2.75) is 0 Å². The number of carboxylic acid groups (broad SMARTS) is 1. The minimum Gasteiger partial charge on any atom is -0.481 e. The van der Waals surface area contributed by atoms with Crippen molar-refractivity contribution in [3.05, 3.63) is 33.1 Å². The maximum atomic E-state index is 13.2. The standard InChI is InChI=1S/C10H8ClFN2O4/c11-6-1-8(9(14(17)18)2-7(6)12)13-3-5(4-13)10(15)16/h1-2,5H,3-4H2,(H,15,16). The van der Waals surface area contributed by atoms with Crippen molar-refractivity contribution < 1.29 is 19.2 Å². The quantitative estimate of drug-likeness (QED) is 0.672. The molecule has 1 saturated heterocycles. The lowest BCUT2D eigenvalue weighted by Crippen LogP contribution is -2.50. The molecule has 1 N–H and O–H groups in total. The molecule has 0 saturated carbocycles. The van der Waals surface area contributed by atoms with Crippen LogP contribution in [0.5, 0.6) is 0 Å². The first-order valence-corrected chi connectivity index (χ1v) is 5.39. The first kappa shape index (κ1) is 12.6. The largest absolute Gasteiger partial charge is 0.481 e. The molecule has 0 radical (unpaired) electrons. The van der Waals surface area contributed by atoms with Crippen molar-refractivity contribution in [2.24, 2.45) is 5.92 Å². The zero-order chi connectivity index (χ0) is 13.4. The third kappa shape index (κ3) is 2.08. The second-order valence-electron chi connectivity index (χ2n) is 3.95. The number of hydrogen-bond acceptors (Lipinski definition) is 4. The minimum atomic E-state index is -0.956. The highest BCUT2D eigenvalue weighted by molar-refractivity contribution is 6.31. The minimum absolute atomic E-state index is 0.143. The summed E-state index contributed by atoms with van der Waals surface area (Å²) in [5.74, 6) is -2.39. The highest BCUT2D eigenvalue weighted by atomic mass is 35.5. The van der Waals surface area contributed by atoms with E-state index in [0.29, 0.717) is 0 Å². The predicted octanol–water partition coefficient (Wildman–Crippen LogP) is 1.91. The number of benzene rings is 1. The molecule has 0 spiro atoms. The van der Waals surface area contributed by atoms with Crippen molar-refractivity contribution in [1.29, 1.82) is 0 Å². The molecule has 96 valence electrons. The zero-order valence-corrected chi connectivity index (χ0v) is 9.72. The number of rotatable bonds is 3. The number of nitro benzene ring substituents is 1. The van der Waals surface area contributed by atoms with Crippen LogP contribution >= 0.6 is 11.6 Å². The topological polar surface area (TPSA) is 83.7 Å². The zero-order valence-electron chi connectivity index (χ0n) is 8.97. The van der Waals surface area contributed by atoms with E-state index >= 15 is 0 Å². The predicted molar refractivity (Wildman–Crippen MR) is 61.4 cm³/mol. The van der Waals surface area contributed by atoms with Gasteiger partial charge in [0.25, 0.3) is 5.69 Å². The van der Waals surface area contributed by atoms with Crippen molar-refractivity contribution in [1.82, 2.24) is 0 Å². The molecular weight excluding hydrogens is 267 g/mol. The van der Waals surface area contributed by atoms with Gasteiger partial charge in [0.15, 0.2) is 0 Å². The summed E-state index contributed by atoms with van der Waals surface area (Å²) < 4.78 is 13.2. The van der Waals surface area contributed by atoms with Gasteiger partial charge in [-0.1, -0.05) is 11.6 Å². The van der Waals surface area contributed by atoms with Gasteiger partial charge in [0, 0.05) is 13.1 Å². The third-order valence-electron chi connectivity index (χ3n) is 2.79. The Morgan fingerprint density at radius 1 is 1.56 bits per heavy atom. The molecule has 6 nitrogen and oxygen atoms in total. The molecule has 1 aliphatic rings. The molecule has 18 heavy (non-hydrogen) atoms. The van der Waals surface area contributed by atoms with E-state index in [1.54, 1.807) is 0 Å². The van der Waals surface area contributed by atoms with Crippen LogP contribution in [0.2, 0.25) is 5.02 Å². The van der Waals surface area contributed by atoms with Crippen LogP contribution in [0.4, 0.5) is 15.8 Å². The Balaban J connectivity index is 2.31. The van der Waals surface area contributed by atoms with Gasteiger partial charge in [-0.3, -0.25) is 14.9 Å². The molecule has 0 atom stereocenters. The van der Waals surface area contributed by atoms with Crippen LogP contribution in [0.3, 0.4) is 0 Å². The van der Waals surface area contributed by atoms with E-state index in [-0.39, 0.29) is 23.8 Å². The van der Waals surface area contributed by atoms with Crippen LogP contribution in [-0.2, 0) is 4.79 Å². The highest BCUT2D eigenvalue weighted by Crippen LogP contribution is 2.36. The fourth-order valence-corrected chi connectivity index (χ4v) is 1.91. The number of anilines is 1. The van der Waals surface area contributed by atoms with E-state index in [9.17, 15) is 19.3 Å². The number of halogens is 2. The summed E-state index contributed by atoms with van der Waals surface area (Å²) in [7, 11) is 0. The third-order valence-corrected chi connectivity index (χ3v) is 3.08. The second-order valence-corrected chi connectivity index (χ2v) is 4.36. The normalized spacial score (nSPS) is 15.3. The van der Waals surface area contributed by atoms with Gasteiger partial charge in [-0.25, -0.2) is 4.39 Å². The molecule has 0 unspecified atom stereocenters. The first-order valence-electron chi connectivity index (χ1n) is 5.01. The van der Waals surface area contributed by atoms with E-state index in [0.717, 1.165) is 12.1 Å². The number of nitro groups is 1.